The number of thioether (sulfide) groups is 1. The predicted octanol–water partition coefficient (Wildman–Crippen LogP) is 3.64. The van der Waals surface area contributed by atoms with Crippen molar-refractivity contribution < 1.29 is 4.74 Å². The van der Waals surface area contributed by atoms with Gasteiger partial charge in [-0.05, 0) is 43.6 Å². The molecule has 4 heterocycles. The van der Waals surface area contributed by atoms with E-state index >= 15 is 0 Å². The minimum Gasteiger partial charge on any atom is -0.379 e. The second-order valence-corrected chi connectivity index (χ2v) is 10.9. The van der Waals surface area contributed by atoms with Crippen LogP contribution in [-0.4, -0.2) is 88.9 Å². The third-order valence-electron chi connectivity index (χ3n) is 5.98. The van der Waals surface area contributed by atoms with Gasteiger partial charge in [-0.25, -0.2) is 14.3 Å². The molecule has 2 aliphatic rings. The van der Waals surface area contributed by atoms with Crippen molar-refractivity contribution in [1.82, 2.24) is 29.4 Å². The predicted molar refractivity (Wildman–Crippen MR) is 143 cm³/mol. The zero-order chi connectivity index (χ0) is 24.0. The summed E-state index contributed by atoms with van der Waals surface area (Å²) in [5.41, 5.74) is 2.26. The Kier molecular flexibility index (Phi) is 8.09. The summed E-state index contributed by atoms with van der Waals surface area (Å²) in [4.78, 5) is 15.6. The molecule has 0 radical (unpaired) electrons. The lowest BCUT2D eigenvalue weighted by Gasteiger charge is -2.33. The molecule has 3 aromatic rings. The van der Waals surface area contributed by atoms with Gasteiger partial charge in [0.15, 0.2) is 11.0 Å². The summed E-state index contributed by atoms with van der Waals surface area (Å²) in [6.07, 6.45) is 0. The van der Waals surface area contributed by atoms with Crippen molar-refractivity contribution in [2.75, 3.05) is 69.7 Å². The Morgan fingerprint density at radius 2 is 1.74 bits per heavy atom. The maximum absolute atomic E-state index is 5.44. The van der Waals surface area contributed by atoms with Crippen LogP contribution in [0.5, 0.6) is 0 Å². The van der Waals surface area contributed by atoms with Gasteiger partial charge in [0, 0.05) is 67.7 Å². The molecule has 2 saturated heterocycles. The fourth-order valence-electron chi connectivity index (χ4n) is 3.93. The van der Waals surface area contributed by atoms with E-state index in [9.17, 15) is 0 Å². The van der Waals surface area contributed by atoms with Gasteiger partial charge in [-0.3, -0.25) is 5.10 Å². The van der Waals surface area contributed by atoms with E-state index in [1.165, 1.54) is 10.5 Å². The van der Waals surface area contributed by atoms with E-state index in [1.54, 1.807) is 23.7 Å². The van der Waals surface area contributed by atoms with E-state index in [-0.39, 0.29) is 0 Å². The molecule has 1 aromatic carbocycles. The maximum atomic E-state index is 5.44. The highest BCUT2D eigenvalue weighted by atomic mass is 32.2. The molecule has 9 nitrogen and oxygen atoms in total. The number of piperazine rings is 1. The summed E-state index contributed by atoms with van der Waals surface area (Å²) in [6.45, 7) is 9.53. The fraction of sp³-hybridized carbons (Fsp3) is 0.458. The molecule has 2 fully saturated rings. The van der Waals surface area contributed by atoms with E-state index in [4.69, 9.17) is 14.7 Å². The van der Waals surface area contributed by atoms with Gasteiger partial charge in [0.1, 0.15) is 11.6 Å². The smallest absolute Gasteiger partial charge is 0.191 e. The number of hydrogen-bond donors (Lipinski definition) is 2. The van der Waals surface area contributed by atoms with Crippen LogP contribution < -0.4 is 10.2 Å². The number of hydrogen-bond acceptors (Lipinski definition) is 10. The number of nitrogens with zero attached hydrogens (tertiary/aromatic N) is 6. The van der Waals surface area contributed by atoms with Gasteiger partial charge in [0.05, 0.1) is 13.2 Å². The van der Waals surface area contributed by atoms with Crippen LogP contribution in [0.15, 0.2) is 46.5 Å². The lowest BCUT2D eigenvalue weighted by atomic mass is 10.2. The number of anilines is 3. The molecule has 0 spiro atoms. The zero-order valence-corrected chi connectivity index (χ0v) is 21.9. The number of likely N-dealkylation sites (N-methyl/N-ethyl adjacent to an activating group) is 1. The molecule has 11 heteroatoms. The van der Waals surface area contributed by atoms with Gasteiger partial charge in [-0.1, -0.05) is 23.9 Å². The number of benzene rings is 1. The summed E-state index contributed by atoms with van der Waals surface area (Å²) in [7, 11) is 2.16. The third-order valence-corrected chi connectivity index (χ3v) is 8.00. The Bertz CT molecular complexity index is 1100. The molecule has 186 valence electrons. The number of nitrogens with one attached hydrogen (secondary N) is 2. The first-order valence-corrected chi connectivity index (χ1v) is 13.7. The van der Waals surface area contributed by atoms with E-state index < -0.39 is 0 Å². The first-order valence-electron chi connectivity index (χ1n) is 11.9. The van der Waals surface area contributed by atoms with Crippen LogP contribution in [0.2, 0.25) is 0 Å². The summed E-state index contributed by atoms with van der Waals surface area (Å²) in [6, 6.07) is 12.8. The Hall–Kier alpha value is -2.31. The first kappa shape index (κ1) is 24.4. The molecule has 0 saturated carbocycles. The number of aromatic amines is 1. The average molecular weight is 513 g/mol. The normalized spacial score (nSPS) is 17.6. The van der Waals surface area contributed by atoms with E-state index in [0.717, 1.165) is 86.5 Å². The van der Waals surface area contributed by atoms with Crippen LogP contribution in [0.1, 0.15) is 11.3 Å². The molecular weight excluding hydrogens is 480 g/mol. The van der Waals surface area contributed by atoms with Crippen LogP contribution in [0, 0.1) is 6.92 Å². The fourth-order valence-corrected chi connectivity index (χ4v) is 5.63. The van der Waals surface area contributed by atoms with Gasteiger partial charge >= 0.3 is 0 Å². The largest absolute Gasteiger partial charge is 0.379 e. The van der Waals surface area contributed by atoms with Gasteiger partial charge in [0.25, 0.3) is 0 Å². The van der Waals surface area contributed by atoms with Crippen molar-refractivity contribution in [1.29, 1.82) is 0 Å². The summed E-state index contributed by atoms with van der Waals surface area (Å²) in [5, 5.41) is 11.4. The van der Waals surface area contributed by atoms with Crippen LogP contribution in [0.25, 0.3) is 0 Å². The highest BCUT2D eigenvalue weighted by Crippen LogP contribution is 2.28. The SMILES string of the molecule is Cc1cc(Nc2cc(N3CCN(C)CC3)nc(SCc3ccc(SN4CCOCC4)cc3)n2)n[nH]1. The number of H-pyrrole nitrogens is 1. The molecule has 0 unspecified atom stereocenters. The van der Waals surface area contributed by atoms with Crippen molar-refractivity contribution >= 4 is 41.2 Å². The Morgan fingerprint density at radius 3 is 2.46 bits per heavy atom. The molecule has 5 rings (SSSR count). The first-order chi connectivity index (χ1) is 17.1. The number of morpholine rings is 1. The summed E-state index contributed by atoms with van der Waals surface area (Å²) < 4.78 is 7.80. The second kappa shape index (κ2) is 11.6. The molecule has 0 amide bonds. The van der Waals surface area contributed by atoms with Crippen molar-refractivity contribution in [3.63, 3.8) is 0 Å². The lowest BCUT2D eigenvalue weighted by molar-refractivity contribution is 0.0773. The second-order valence-electron chi connectivity index (χ2n) is 8.81. The van der Waals surface area contributed by atoms with Crippen LogP contribution >= 0.6 is 23.7 Å². The number of ether oxygens (including phenoxy) is 1. The Balaban J connectivity index is 1.26. The summed E-state index contributed by atoms with van der Waals surface area (Å²) in [5.74, 6) is 3.30. The highest BCUT2D eigenvalue weighted by Gasteiger charge is 2.18. The van der Waals surface area contributed by atoms with Crippen molar-refractivity contribution in [3.05, 3.63) is 47.7 Å². The molecule has 35 heavy (non-hydrogen) atoms. The minimum absolute atomic E-state index is 0.759. The number of rotatable bonds is 8. The molecular formula is C24H32N8OS2. The topological polar surface area (TPSA) is 85.4 Å². The molecule has 2 aliphatic heterocycles. The van der Waals surface area contributed by atoms with Crippen molar-refractivity contribution in [2.45, 2.75) is 22.7 Å². The molecule has 2 aromatic heterocycles. The Labute approximate surface area is 215 Å². The van der Waals surface area contributed by atoms with Gasteiger partial charge in [0.2, 0.25) is 0 Å². The highest BCUT2D eigenvalue weighted by molar-refractivity contribution is 7.98. The lowest BCUT2D eigenvalue weighted by Crippen LogP contribution is -2.44. The molecule has 2 N–H and O–H groups in total. The van der Waals surface area contributed by atoms with Crippen LogP contribution in [0.3, 0.4) is 0 Å². The van der Waals surface area contributed by atoms with Crippen LogP contribution in [-0.2, 0) is 10.5 Å². The Morgan fingerprint density at radius 1 is 0.971 bits per heavy atom. The maximum Gasteiger partial charge on any atom is 0.191 e. The monoisotopic (exact) mass is 512 g/mol. The van der Waals surface area contributed by atoms with Gasteiger partial charge in [-0.2, -0.15) is 5.10 Å². The number of aromatic nitrogens is 4. The average Bonchev–Trinajstić information content (AvgIpc) is 3.29. The molecule has 0 aliphatic carbocycles. The van der Waals surface area contributed by atoms with E-state index in [0.29, 0.717) is 0 Å². The van der Waals surface area contributed by atoms with Crippen molar-refractivity contribution in [3.8, 4) is 0 Å². The van der Waals surface area contributed by atoms with Gasteiger partial charge in [-0.15, -0.1) is 0 Å². The zero-order valence-electron chi connectivity index (χ0n) is 20.2. The third kappa shape index (κ3) is 6.89. The molecule has 0 bridgehead atoms. The van der Waals surface area contributed by atoms with Gasteiger partial charge < -0.3 is 19.9 Å². The standard InChI is InChI=1S/C24H32N8OS2/c1-18-15-22(29-28-18)25-21-16-23(31-9-7-30(2)8-10-31)27-24(26-21)34-17-19-3-5-20(6-4-19)35-32-11-13-33-14-12-32/h3-6,15-16H,7-14,17H2,1-2H3,(H2,25,26,27,28,29). The minimum atomic E-state index is 0.759. The number of aryl methyl sites for hydroxylation is 1. The van der Waals surface area contributed by atoms with Crippen molar-refractivity contribution in [2.24, 2.45) is 0 Å². The quantitative estimate of drug-likeness (QED) is 0.265. The van der Waals surface area contributed by atoms with Crippen LogP contribution in [0.4, 0.5) is 17.5 Å². The van der Waals surface area contributed by atoms with E-state index in [1.807, 2.05) is 19.1 Å². The summed E-state index contributed by atoms with van der Waals surface area (Å²) >= 11 is 3.47. The van der Waals surface area contributed by atoms with E-state index in [2.05, 4.69) is 60.9 Å². The molecule has 0 atom stereocenters.